The van der Waals surface area contributed by atoms with E-state index in [0.29, 0.717) is 11.0 Å². The number of thiazole rings is 1. The second-order valence-corrected chi connectivity index (χ2v) is 6.48. The SMILES string of the molecule is O=C(Nc1nccs1)C(CC1CCOCC1)c1ccccc1. The fourth-order valence-corrected chi connectivity index (χ4v) is 3.40. The van der Waals surface area contributed by atoms with Crippen molar-refractivity contribution < 1.29 is 9.53 Å². The molecule has 1 N–H and O–H groups in total. The van der Waals surface area contributed by atoms with Crippen LogP contribution >= 0.6 is 11.3 Å². The standard InChI is InChI=1S/C17H20N2O2S/c20-16(19-17-18-8-11-22-17)15(14-4-2-1-3-5-14)12-13-6-9-21-10-7-13/h1-5,8,11,13,15H,6-7,9-10,12H2,(H,18,19,20). The number of carbonyl (C=O) groups is 1. The molecule has 1 aliphatic rings. The van der Waals surface area contributed by atoms with Gasteiger partial charge in [0.05, 0.1) is 5.92 Å². The average Bonchev–Trinajstić information content (AvgIpc) is 3.07. The lowest BCUT2D eigenvalue weighted by atomic mass is 9.84. The average molecular weight is 316 g/mol. The molecule has 0 aliphatic carbocycles. The van der Waals surface area contributed by atoms with Gasteiger partial charge in [-0.2, -0.15) is 0 Å². The van der Waals surface area contributed by atoms with Crippen molar-refractivity contribution in [2.45, 2.75) is 25.2 Å². The smallest absolute Gasteiger partial charge is 0.233 e. The van der Waals surface area contributed by atoms with E-state index in [2.05, 4.69) is 10.3 Å². The first kappa shape index (κ1) is 15.2. The van der Waals surface area contributed by atoms with Gasteiger partial charge in [-0.25, -0.2) is 4.98 Å². The Morgan fingerprint density at radius 1 is 1.32 bits per heavy atom. The summed E-state index contributed by atoms with van der Waals surface area (Å²) in [7, 11) is 0. The molecule has 1 unspecified atom stereocenters. The molecule has 22 heavy (non-hydrogen) atoms. The molecule has 1 aliphatic heterocycles. The number of ether oxygens (including phenoxy) is 1. The molecule has 3 rings (SSSR count). The van der Waals surface area contributed by atoms with Gasteiger partial charge >= 0.3 is 0 Å². The van der Waals surface area contributed by atoms with E-state index in [9.17, 15) is 4.79 Å². The fourth-order valence-electron chi connectivity index (χ4n) is 2.87. The Morgan fingerprint density at radius 2 is 2.09 bits per heavy atom. The highest BCUT2D eigenvalue weighted by Crippen LogP contribution is 2.30. The Hall–Kier alpha value is -1.72. The zero-order valence-corrected chi connectivity index (χ0v) is 13.2. The van der Waals surface area contributed by atoms with Gasteiger partial charge < -0.3 is 10.1 Å². The molecule has 5 heteroatoms. The van der Waals surface area contributed by atoms with Crippen LogP contribution in [0.3, 0.4) is 0 Å². The van der Waals surface area contributed by atoms with Gasteiger partial charge in [-0.1, -0.05) is 30.3 Å². The number of carbonyl (C=O) groups excluding carboxylic acids is 1. The lowest BCUT2D eigenvalue weighted by Crippen LogP contribution is -2.26. The molecule has 1 fully saturated rings. The summed E-state index contributed by atoms with van der Waals surface area (Å²) in [6, 6.07) is 10.0. The zero-order chi connectivity index (χ0) is 15.2. The van der Waals surface area contributed by atoms with Crippen molar-refractivity contribution in [2.75, 3.05) is 18.5 Å². The summed E-state index contributed by atoms with van der Waals surface area (Å²) < 4.78 is 5.42. The van der Waals surface area contributed by atoms with Gasteiger partial charge in [0, 0.05) is 24.8 Å². The maximum atomic E-state index is 12.7. The molecule has 0 bridgehead atoms. The van der Waals surface area contributed by atoms with Gasteiger partial charge in [-0.05, 0) is 30.7 Å². The lowest BCUT2D eigenvalue weighted by molar-refractivity contribution is -0.118. The predicted molar refractivity (Wildman–Crippen MR) is 88.1 cm³/mol. The van der Waals surface area contributed by atoms with E-state index in [-0.39, 0.29) is 11.8 Å². The Kier molecular flexibility index (Phi) is 5.19. The van der Waals surface area contributed by atoms with Gasteiger partial charge in [-0.3, -0.25) is 4.79 Å². The zero-order valence-electron chi connectivity index (χ0n) is 12.4. The van der Waals surface area contributed by atoms with Crippen molar-refractivity contribution in [1.82, 2.24) is 4.98 Å². The molecule has 0 saturated carbocycles. The van der Waals surface area contributed by atoms with Crippen LogP contribution in [0.25, 0.3) is 0 Å². The van der Waals surface area contributed by atoms with Crippen molar-refractivity contribution >= 4 is 22.4 Å². The third-order valence-electron chi connectivity index (χ3n) is 4.09. The molecule has 1 aromatic heterocycles. The molecule has 1 aromatic carbocycles. The van der Waals surface area contributed by atoms with Gasteiger partial charge in [-0.15, -0.1) is 11.3 Å². The molecular formula is C17H20N2O2S. The van der Waals surface area contributed by atoms with Crippen LogP contribution in [0.2, 0.25) is 0 Å². The minimum atomic E-state index is -0.131. The largest absolute Gasteiger partial charge is 0.381 e. The van der Waals surface area contributed by atoms with Gasteiger partial charge in [0.25, 0.3) is 0 Å². The van der Waals surface area contributed by atoms with E-state index in [1.165, 1.54) is 11.3 Å². The number of anilines is 1. The Labute approximate surface area is 134 Å². The van der Waals surface area contributed by atoms with E-state index in [1.54, 1.807) is 6.20 Å². The number of hydrogen-bond acceptors (Lipinski definition) is 4. The topological polar surface area (TPSA) is 51.2 Å². The van der Waals surface area contributed by atoms with Crippen LogP contribution in [0.5, 0.6) is 0 Å². The highest BCUT2D eigenvalue weighted by molar-refractivity contribution is 7.13. The molecule has 0 radical (unpaired) electrons. The van der Waals surface area contributed by atoms with Gasteiger partial charge in [0.15, 0.2) is 5.13 Å². The first-order valence-corrected chi connectivity index (χ1v) is 8.54. The van der Waals surface area contributed by atoms with Crippen LogP contribution in [0.15, 0.2) is 41.9 Å². The van der Waals surface area contributed by atoms with Crippen molar-refractivity contribution in [1.29, 1.82) is 0 Å². The van der Waals surface area contributed by atoms with Crippen molar-refractivity contribution in [3.8, 4) is 0 Å². The maximum absolute atomic E-state index is 12.7. The van der Waals surface area contributed by atoms with Crippen molar-refractivity contribution in [3.05, 3.63) is 47.5 Å². The van der Waals surface area contributed by atoms with E-state index in [1.807, 2.05) is 35.7 Å². The van der Waals surface area contributed by atoms with Gasteiger partial charge in [0.1, 0.15) is 0 Å². The molecule has 4 nitrogen and oxygen atoms in total. The Bertz CT molecular complexity index is 580. The number of nitrogens with zero attached hydrogens (tertiary/aromatic N) is 1. The molecule has 2 heterocycles. The summed E-state index contributed by atoms with van der Waals surface area (Å²) in [5.41, 5.74) is 1.07. The quantitative estimate of drug-likeness (QED) is 0.915. The second kappa shape index (κ2) is 7.51. The van der Waals surface area contributed by atoms with E-state index < -0.39 is 0 Å². The van der Waals surface area contributed by atoms with Crippen LogP contribution in [-0.4, -0.2) is 24.1 Å². The summed E-state index contributed by atoms with van der Waals surface area (Å²) in [4.78, 5) is 16.9. The number of amides is 1. The summed E-state index contributed by atoms with van der Waals surface area (Å²) in [5, 5.41) is 5.48. The number of hydrogen-bond donors (Lipinski definition) is 1. The molecule has 1 amide bonds. The lowest BCUT2D eigenvalue weighted by Gasteiger charge is -2.26. The predicted octanol–water partition coefficient (Wildman–Crippen LogP) is 3.68. The maximum Gasteiger partial charge on any atom is 0.233 e. The Morgan fingerprint density at radius 3 is 2.77 bits per heavy atom. The van der Waals surface area contributed by atoms with E-state index >= 15 is 0 Å². The molecular weight excluding hydrogens is 296 g/mol. The third-order valence-corrected chi connectivity index (χ3v) is 4.78. The highest BCUT2D eigenvalue weighted by atomic mass is 32.1. The van der Waals surface area contributed by atoms with E-state index in [4.69, 9.17) is 4.74 Å². The second-order valence-electron chi connectivity index (χ2n) is 5.58. The highest BCUT2D eigenvalue weighted by Gasteiger charge is 2.26. The first-order valence-electron chi connectivity index (χ1n) is 7.66. The van der Waals surface area contributed by atoms with Crippen molar-refractivity contribution in [3.63, 3.8) is 0 Å². The number of rotatable bonds is 5. The van der Waals surface area contributed by atoms with Crippen LogP contribution in [0.4, 0.5) is 5.13 Å². The summed E-state index contributed by atoms with van der Waals surface area (Å²) in [5.74, 6) is 0.446. The minimum Gasteiger partial charge on any atom is -0.381 e. The van der Waals surface area contributed by atoms with Crippen molar-refractivity contribution in [2.24, 2.45) is 5.92 Å². The number of benzene rings is 1. The van der Waals surface area contributed by atoms with Crippen LogP contribution < -0.4 is 5.32 Å². The first-order chi connectivity index (χ1) is 10.8. The summed E-state index contributed by atoms with van der Waals surface area (Å²) in [6.45, 7) is 1.61. The normalized spacial score (nSPS) is 17.1. The summed E-state index contributed by atoms with van der Waals surface area (Å²) >= 11 is 1.45. The fraction of sp³-hybridized carbons (Fsp3) is 0.412. The Balaban J connectivity index is 1.74. The van der Waals surface area contributed by atoms with E-state index in [0.717, 1.165) is 38.0 Å². The molecule has 116 valence electrons. The van der Waals surface area contributed by atoms with Crippen LogP contribution in [0.1, 0.15) is 30.7 Å². The number of aromatic nitrogens is 1. The van der Waals surface area contributed by atoms with Crippen LogP contribution in [-0.2, 0) is 9.53 Å². The molecule has 1 atom stereocenters. The minimum absolute atomic E-state index is 0.0349. The van der Waals surface area contributed by atoms with Gasteiger partial charge in [0.2, 0.25) is 5.91 Å². The molecule has 1 saturated heterocycles. The van der Waals surface area contributed by atoms with Crippen LogP contribution in [0, 0.1) is 5.92 Å². The monoisotopic (exact) mass is 316 g/mol. The number of nitrogens with one attached hydrogen (secondary N) is 1. The molecule has 0 spiro atoms. The summed E-state index contributed by atoms with van der Waals surface area (Å²) in [6.07, 6.45) is 4.64. The molecule has 2 aromatic rings. The third kappa shape index (κ3) is 3.93.